The number of likely N-dealkylation sites (N-methyl/N-ethyl adjacent to an activating group) is 1. The Bertz CT molecular complexity index is 1350. The van der Waals surface area contributed by atoms with Gasteiger partial charge in [-0.1, -0.05) is 29.8 Å². The first-order valence-electron chi connectivity index (χ1n) is 14.5. The fraction of sp³-hybridized carbons (Fsp3) is 0.548. The third kappa shape index (κ3) is 6.07. The number of ether oxygens (including phenoxy) is 1. The first-order valence-corrected chi connectivity index (χ1v) is 14.8. The normalized spacial score (nSPS) is 24.4. The van der Waals surface area contributed by atoms with E-state index in [1.807, 2.05) is 37.3 Å². The molecule has 10 heteroatoms. The number of halogens is 1. The predicted molar refractivity (Wildman–Crippen MR) is 161 cm³/mol. The molecule has 0 spiro atoms. The van der Waals surface area contributed by atoms with Crippen LogP contribution in [0.25, 0.3) is 0 Å². The molecule has 216 valence electrons. The van der Waals surface area contributed by atoms with Crippen LogP contribution in [0.2, 0.25) is 5.02 Å². The number of nitrogens with zero attached hydrogens (tertiary/aromatic N) is 8. The van der Waals surface area contributed by atoms with E-state index in [9.17, 15) is 10.5 Å². The Morgan fingerprint density at radius 3 is 2.71 bits per heavy atom. The maximum Gasteiger partial charge on any atom is 0.318 e. The number of rotatable bonds is 8. The Morgan fingerprint density at radius 2 is 2.00 bits per heavy atom. The highest BCUT2D eigenvalue weighted by Gasteiger charge is 2.42. The Morgan fingerprint density at radius 1 is 1.17 bits per heavy atom. The van der Waals surface area contributed by atoms with Crippen LogP contribution in [0.15, 0.2) is 36.5 Å². The van der Waals surface area contributed by atoms with Crippen molar-refractivity contribution in [3.63, 3.8) is 0 Å². The van der Waals surface area contributed by atoms with Crippen molar-refractivity contribution in [1.29, 1.82) is 10.5 Å². The molecule has 1 aliphatic carbocycles. The maximum absolute atomic E-state index is 9.55. The average Bonchev–Trinajstić information content (AvgIpc) is 3.42. The molecule has 5 rings (SSSR count). The SMILES string of the molecule is CC=CN1CCN(c2nc(OCC3(N(C)C)CCC(C#N)C3)nc3c2CCN(c2ccccc2Cl)C3)C[C@@H]1CC#N. The fourth-order valence-corrected chi connectivity index (χ4v) is 6.70. The number of para-hydroxylation sites is 1. The van der Waals surface area contributed by atoms with Crippen molar-refractivity contribution in [1.82, 2.24) is 19.8 Å². The van der Waals surface area contributed by atoms with Gasteiger partial charge < -0.3 is 24.3 Å². The summed E-state index contributed by atoms with van der Waals surface area (Å²) in [6, 6.07) is 13.2. The van der Waals surface area contributed by atoms with E-state index in [0.717, 1.165) is 73.1 Å². The summed E-state index contributed by atoms with van der Waals surface area (Å²) in [5.41, 5.74) is 2.86. The molecule has 2 unspecified atom stereocenters. The molecule has 2 aromatic rings. The van der Waals surface area contributed by atoms with Crippen molar-refractivity contribution in [2.24, 2.45) is 5.92 Å². The van der Waals surface area contributed by atoms with Crippen LogP contribution < -0.4 is 14.5 Å². The van der Waals surface area contributed by atoms with Crippen molar-refractivity contribution in [2.45, 2.75) is 57.2 Å². The van der Waals surface area contributed by atoms with E-state index in [2.05, 4.69) is 52.0 Å². The molecule has 0 amide bonds. The average molecular weight is 575 g/mol. The minimum Gasteiger partial charge on any atom is -0.461 e. The molecule has 0 bridgehead atoms. The summed E-state index contributed by atoms with van der Waals surface area (Å²) in [4.78, 5) is 19.0. The molecule has 2 aliphatic heterocycles. The van der Waals surface area contributed by atoms with Crippen LogP contribution in [0.5, 0.6) is 6.01 Å². The smallest absolute Gasteiger partial charge is 0.318 e. The number of hydrogen-bond donors (Lipinski definition) is 0. The Hall–Kier alpha value is -3.53. The van der Waals surface area contributed by atoms with Crippen LogP contribution in [0, 0.1) is 28.6 Å². The summed E-state index contributed by atoms with van der Waals surface area (Å²) in [5.74, 6) is 0.947. The molecule has 1 saturated carbocycles. The molecule has 1 aromatic heterocycles. The van der Waals surface area contributed by atoms with Gasteiger partial charge in [0.15, 0.2) is 0 Å². The largest absolute Gasteiger partial charge is 0.461 e. The van der Waals surface area contributed by atoms with Gasteiger partial charge in [0.05, 0.1) is 53.1 Å². The summed E-state index contributed by atoms with van der Waals surface area (Å²) in [7, 11) is 4.12. The molecule has 3 aliphatic rings. The summed E-state index contributed by atoms with van der Waals surface area (Å²) < 4.78 is 6.43. The van der Waals surface area contributed by atoms with E-state index in [0.29, 0.717) is 32.1 Å². The second-order valence-corrected chi connectivity index (χ2v) is 11.9. The summed E-state index contributed by atoms with van der Waals surface area (Å²) in [6.07, 6.45) is 7.90. The Balaban J connectivity index is 1.47. The number of nitriles is 2. The zero-order valence-electron chi connectivity index (χ0n) is 24.3. The van der Waals surface area contributed by atoms with Gasteiger partial charge in [-0.15, -0.1) is 0 Å². The van der Waals surface area contributed by atoms with Crippen LogP contribution in [0.4, 0.5) is 11.5 Å². The van der Waals surface area contributed by atoms with Gasteiger partial charge in [-0.2, -0.15) is 20.5 Å². The first kappa shape index (κ1) is 29.0. The Labute approximate surface area is 248 Å². The summed E-state index contributed by atoms with van der Waals surface area (Å²) in [6.45, 7) is 6.19. The van der Waals surface area contributed by atoms with Gasteiger partial charge >= 0.3 is 6.01 Å². The molecule has 9 nitrogen and oxygen atoms in total. The van der Waals surface area contributed by atoms with E-state index in [1.54, 1.807) is 0 Å². The lowest BCUT2D eigenvalue weighted by Crippen LogP contribution is -2.51. The van der Waals surface area contributed by atoms with Gasteiger partial charge in [-0.3, -0.25) is 0 Å². The van der Waals surface area contributed by atoms with E-state index in [4.69, 9.17) is 26.3 Å². The molecular weight excluding hydrogens is 536 g/mol. The molecule has 1 saturated heterocycles. The lowest BCUT2D eigenvalue weighted by molar-refractivity contribution is 0.0791. The number of piperazine rings is 1. The van der Waals surface area contributed by atoms with E-state index < -0.39 is 0 Å². The number of allylic oxidation sites excluding steroid dienone is 1. The zero-order chi connectivity index (χ0) is 29.0. The molecule has 2 fully saturated rings. The van der Waals surface area contributed by atoms with Crippen molar-refractivity contribution >= 4 is 23.1 Å². The van der Waals surface area contributed by atoms with E-state index in [1.165, 1.54) is 0 Å². The zero-order valence-corrected chi connectivity index (χ0v) is 25.0. The lowest BCUT2D eigenvalue weighted by atomic mass is 9.96. The summed E-state index contributed by atoms with van der Waals surface area (Å²) >= 11 is 6.57. The highest BCUT2D eigenvalue weighted by molar-refractivity contribution is 6.33. The van der Waals surface area contributed by atoms with Gasteiger partial charge in [0, 0.05) is 37.7 Å². The highest BCUT2D eigenvalue weighted by Crippen LogP contribution is 2.39. The number of fused-ring (bicyclic) bond motifs is 1. The van der Waals surface area contributed by atoms with Gasteiger partial charge in [0.1, 0.15) is 12.4 Å². The standard InChI is InChI=1S/C31H39ClN8O/c1-4-14-38-16-17-40(20-24(38)10-13-33)29-25-11-15-39(28-8-6-5-7-26(28)32)21-27(25)35-30(36-29)41-22-31(37(2)3)12-9-23(18-31)19-34/h4-8,14,23-24H,9-12,15-18,20-22H2,1-3H3/t23?,24-,31?/m0/s1. The molecule has 0 N–H and O–H groups in total. The quantitative estimate of drug-likeness (QED) is 0.447. The van der Waals surface area contributed by atoms with Crippen LogP contribution in [-0.2, 0) is 13.0 Å². The van der Waals surface area contributed by atoms with Crippen molar-refractivity contribution in [2.75, 3.05) is 56.7 Å². The van der Waals surface area contributed by atoms with Gasteiger partial charge in [-0.05, 0) is 65.0 Å². The number of aromatic nitrogens is 2. The third-order valence-corrected chi connectivity index (χ3v) is 9.22. The fourth-order valence-electron chi connectivity index (χ4n) is 6.45. The molecule has 3 atom stereocenters. The minimum absolute atomic E-state index is 0.0377. The molecule has 1 aromatic carbocycles. The van der Waals surface area contributed by atoms with Crippen LogP contribution >= 0.6 is 11.6 Å². The number of hydrogen-bond acceptors (Lipinski definition) is 9. The lowest BCUT2D eigenvalue weighted by Gasteiger charge is -2.42. The van der Waals surface area contributed by atoms with Crippen molar-refractivity contribution in [3.8, 4) is 18.1 Å². The molecular formula is C31H39ClN8O. The number of benzene rings is 1. The van der Waals surface area contributed by atoms with Crippen LogP contribution in [-0.4, -0.2) is 78.2 Å². The Kier molecular flexibility index (Phi) is 8.87. The number of anilines is 2. The van der Waals surface area contributed by atoms with Crippen molar-refractivity contribution < 1.29 is 4.74 Å². The highest BCUT2D eigenvalue weighted by atomic mass is 35.5. The topological polar surface area (TPSA) is 95.6 Å². The third-order valence-electron chi connectivity index (χ3n) is 8.90. The van der Waals surface area contributed by atoms with Crippen molar-refractivity contribution in [3.05, 3.63) is 52.8 Å². The van der Waals surface area contributed by atoms with Gasteiger partial charge in [-0.25, -0.2) is 0 Å². The first-order chi connectivity index (χ1) is 19.9. The maximum atomic E-state index is 9.55. The predicted octanol–water partition coefficient (Wildman–Crippen LogP) is 4.63. The van der Waals surface area contributed by atoms with Crippen LogP contribution in [0.3, 0.4) is 0 Å². The summed E-state index contributed by atoms with van der Waals surface area (Å²) in [5, 5.41) is 19.8. The van der Waals surface area contributed by atoms with Gasteiger partial charge in [0.25, 0.3) is 0 Å². The van der Waals surface area contributed by atoms with E-state index >= 15 is 0 Å². The second kappa shape index (κ2) is 12.5. The van der Waals surface area contributed by atoms with Gasteiger partial charge in [0.2, 0.25) is 0 Å². The monoisotopic (exact) mass is 574 g/mol. The van der Waals surface area contributed by atoms with E-state index in [-0.39, 0.29) is 17.5 Å². The molecule has 3 heterocycles. The minimum atomic E-state index is -0.223. The molecule has 41 heavy (non-hydrogen) atoms. The second-order valence-electron chi connectivity index (χ2n) is 11.5. The molecule has 0 radical (unpaired) electrons. The van der Waals surface area contributed by atoms with Crippen LogP contribution in [0.1, 0.15) is 43.9 Å².